The van der Waals surface area contributed by atoms with Crippen molar-refractivity contribution in [2.24, 2.45) is 0 Å². The first-order chi connectivity index (χ1) is 4.93. The fraction of sp³-hybridized carbons (Fsp3) is 0.750. The lowest BCUT2D eigenvalue weighted by atomic mass is 10.1. The van der Waals surface area contributed by atoms with E-state index >= 15 is 0 Å². The zero-order valence-electron chi connectivity index (χ0n) is 6.52. The predicted molar refractivity (Wildman–Crippen MR) is 48.6 cm³/mol. The van der Waals surface area contributed by atoms with Crippen LogP contribution in [0.4, 0.5) is 0 Å². The third-order valence-corrected chi connectivity index (χ3v) is 2.82. The van der Waals surface area contributed by atoms with Crippen molar-refractivity contribution in [3.63, 3.8) is 0 Å². The third-order valence-electron chi connectivity index (χ3n) is 1.67. The highest BCUT2D eigenvalue weighted by Gasteiger charge is 2.03. The molecule has 1 nitrogen and oxygen atoms in total. The lowest BCUT2D eigenvalue weighted by molar-refractivity contribution is 0.864. The molecule has 1 N–H and O–H groups in total. The van der Waals surface area contributed by atoms with E-state index in [0.717, 1.165) is 6.54 Å². The summed E-state index contributed by atoms with van der Waals surface area (Å²) in [7, 11) is 1.99. The predicted octanol–water partition coefficient (Wildman–Crippen LogP) is 1.66. The first-order valence-corrected chi connectivity index (χ1v) is 4.99. The number of hydrogen-bond donors (Lipinski definition) is 1. The molecule has 0 unspecified atom stereocenters. The second kappa shape index (κ2) is 4.80. The van der Waals surface area contributed by atoms with Gasteiger partial charge in [-0.3, -0.25) is 0 Å². The van der Waals surface area contributed by atoms with Gasteiger partial charge in [-0.1, -0.05) is 11.6 Å². The van der Waals surface area contributed by atoms with E-state index in [9.17, 15) is 0 Å². The lowest BCUT2D eigenvalue weighted by Crippen LogP contribution is -2.07. The molecule has 1 saturated heterocycles. The molecule has 0 aromatic carbocycles. The maximum absolute atomic E-state index is 3.13. The molecule has 0 bridgehead atoms. The Morgan fingerprint density at radius 2 is 2.60 bits per heavy atom. The van der Waals surface area contributed by atoms with E-state index in [4.69, 9.17) is 0 Å². The Kier molecular flexibility index (Phi) is 3.91. The zero-order valence-corrected chi connectivity index (χ0v) is 7.34. The van der Waals surface area contributed by atoms with Crippen LogP contribution in [0.15, 0.2) is 11.6 Å². The van der Waals surface area contributed by atoms with Crippen LogP contribution in [0.2, 0.25) is 0 Å². The summed E-state index contributed by atoms with van der Waals surface area (Å²) in [6.07, 6.45) is 5.03. The van der Waals surface area contributed by atoms with Crippen molar-refractivity contribution in [2.75, 3.05) is 25.1 Å². The van der Waals surface area contributed by atoms with Crippen LogP contribution in [0, 0.1) is 0 Å². The average molecular weight is 157 g/mol. The second-order valence-corrected chi connectivity index (χ2v) is 3.68. The molecule has 0 atom stereocenters. The van der Waals surface area contributed by atoms with Crippen molar-refractivity contribution >= 4 is 11.8 Å². The van der Waals surface area contributed by atoms with Crippen molar-refractivity contribution in [2.45, 2.75) is 12.8 Å². The van der Waals surface area contributed by atoms with Gasteiger partial charge in [-0.25, -0.2) is 0 Å². The van der Waals surface area contributed by atoms with Crippen molar-refractivity contribution in [1.82, 2.24) is 5.32 Å². The summed E-state index contributed by atoms with van der Waals surface area (Å²) in [5, 5.41) is 3.13. The molecule has 0 saturated carbocycles. The Morgan fingerprint density at radius 1 is 1.70 bits per heavy atom. The van der Waals surface area contributed by atoms with Gasteiger partial charge in [-0.15, -0.1) is 0 Å². The summed E-state index contributed by atoms with van der Waals surface area (Å²) in [5.41, 5.74) is 1.63. The zero-order chi connectivity index (χ0) is 7.23. The van der Waals surface area contributed by atoms with Crippen LogP contribution in [0.1, 0.15) is 12.8 Å². The van der Waals surface area contributed by atoms with Crippen LogP contribution in [-0.2, 0) is 0 Å². The number of likely N-dealkylation sites (N-methyl/N-ethyl adjacent to an activating group) is 1. The largest absolute Gasteiger partial charge is 0.316 e. The molecule has 1 aliphatic heterocycles. The molecule has 10 heavy (non-hydrogen) atoms. The number of hydrogen-bond acceptors (Lipinski definition) is 2. The standard InChI is InChI=1S/C8H15NS/c1-9-5-4-8-3-2-6-10-7-8/h4,9H,2-3,5-7H2,1H3. The van der Waals surface area contributed by atoms with Crippen LogP contribution < -0.4 is 5.32 Å². The fourth-order valence-corrected chi connectivity index (χ4v) is 2.10. The summed E-state index contributed by atoms with van der Waals surface area (Å²) >= 11 is 2.06. The molecule has 1 fully saturated rings. The molecule has 1 rings (SSSR count). The summed E-state index contributed by atoms with van der Waals surface area (Å²) in [4.78, 5) is 0. The average Bonchev–Trinajstić information content (AvgIpc) is 2.03. The molecule has 0 spiro atoms. The van der Waals surface area contributed by atoms with Gasteiger partial charge in [0.05, 0.1) is 0 Å². The van der Waals surface area contributed by atoms with E-state index in [2.05, 4.69) is 23.2 Å². The topological polar surface area (TPSA) is 12.0 Å². The van der Waals surface area contributed by atoms with Crippen LogP contribution in [0.25, 0.3) is 0 Å². The SMILES string of the molecule is CNCC=C1CCCSC1. The highest BCUT2D eigenvalue weighted by atomic mass is 32.2. The minimum Gasteiger partial charge on any atom is -0.316 e. The molecule has 0 radical (unpaired) electrons. The molecular formula is C8H15NS. The Morgan fingerprint density at radius 3 is 3.20 bits per heavy atom. The summed E-state index contributed by atoms with van der Waals surface area (Å²) in [5.74, 6) is 2.62. The minimum atomic E-state index is 1.04. The smallest absolute Gasteiger partial charge is 0.0143 e. The van der Waals surface area contributed by atoms with Crippen molar-refractivity contribution in [3.8, 4) is 0 Å². The Bertz CT molecular complexity index is 112. The van der Waals surface area contributed by atoms with Gasteiger partial charge in [-0.2, -0.15) is 11.8 Å². The number of rotatable bonds is 2. The van der Waals surface area contributed by atoms with E-state index in [1.165, 1.54) is 24.3 Å². The summed E-state index contributed by atoms with van der Waals surface area (Å²) in [6.45, 7) is 1.04. The van der Waals surface area contributed by atoms with Crippen LogP contribution in [-0.4, -0.2) is 25.1 Å². The molecule has 1 aliphatic rings. The molecule has 58 valence electrons. The van der Waals surface area contributed by atoms with Crippen LogP contribution in [0.3, 0.4) is 0 Å². The Balaban J connectivity index is 2.23. The van der Waals surface area contributed by atoms with E-state index in [1.54, 1.807) is 5.57 Å². The minimum absolute atomic E-state index is 1.04. The van der Waals surface area contributed by atoms with E-state index < -0.39 is 0 Å². The summed E-state index contributed by atoms with van der Waals surface area (Å²) < 4.78 is 0. The van der Waals surface area contributed by atoms with Gasteiger partial charge >= 0.3 is 0 Å². The van der Waals surface area contributed by atoms with Crippen molar-refractivity contribution < 1.29 is 0 Å². The molecule has 0 amide bonds. The second-order valence-electron chi connectivity index (χ2n) is 2.58. The molecule has 1 heterocycles. The third kappa shape index (κ3) is 2.76. The summed E-state index contributed by atoms with van der Waals surface area (Å²) in [6, 6.07) is 0. The Labute approximate surface area is 67.3 Å². The maximum Gasteiger partial charge on any atom is 0.0143 e. The number of nitrogens with one attached hydrogen (secondary N) is 1. The molecule has 2 heteroatoms. The first kappa shape index (κ1) is 8.15. The van der Waals surface area contributed by atoms with E-state index in [-0.39, 0.29) is 0 Å². The van der Waals surface area contributed by atoms with Gasteiger partial charge in [-0.05, 0) is 25.6 Å². The van der Waals surface area contributed by atoms with Crippen molar-refractivity contribution in [3.05, 3.63) is 11.6 Å². The highest BCUT2D eigenvalue weighted by Crippen LogP contribution is 2.20. The van der Waals surface area contributed by atoms with Gasteiger partial charge in [0, 0.05) is 12.3 Å². The maximum atomic E-state index is 3.13. The van der Waals surface area contributed by atoms with E-state index in [1.807, 2.05) is 7.05 Å². The van der Waals surface area contributed by atoms with Gasteiger partial charge < -0.3 is 5.32 Å². The Hall–Kier alpha value is 0.0500. The van der Waals surface area contributed by atoms with Gasteiger partial charge in [0.1, 0.15) is 0 Å². The van der Waals surface area contributed by atoms with Crippen LogP contribution >= 0.6 is 11.8 Å². The number of thioether (sulfide) groups is 1. The molecule has 0 aromatic heterocycles. The van der Waals surface area contributed by atoms with Gasteiger partial charge in [0.2, 0.25) is 0 Å². The van der Waals surface area contributed by atoms with Crippen LogP contribution in [0.5, 0.6) is 0 Å². The lowest BCUT2D eigenvalue weighted by Gasteiger charge is -2.12. The molecule has 0 aromatic rings. The fourth-order valence-electron chi connectivity index (χ4n) is 1.08. The normalized spacial score (nSPS) is 23.5. The first-order valence-electron chi connectivity index (χ1n) is 3.83. The van der Waals surface area contributed by atoms with Crippen molar-refractivity contribution in [1.29, 1.82) is 0 Å². The van der Waals surface area contributed by atoms with E-state index in [0.29, 0.717) is 0 Å². The quantitative estimate of drug-likeness (QED) is 0.612. The van der Waals surface area contributed by atoms with Gasteiger partial charge in [0.25, 0.3) is 0 Å². The van der Waals surface area contributed by atoms with Gasteiger partial charge in [0.15, 0.2) is 0 Å². The molecule has 0 aliphatic carbocycles. The monoisotopic (exact) mass is 157 g/mol. The molecular weight excluding hydrogens is 142 g/mol. The highest BCUT2D eigenvalue weighted by molar-refractivity contribution is 7.99.